The summed E-state index contributed by atoms with van der Waals surface area (Å²) >= 11 is 0. The first kappa shape index (κ1) is 28.1. The highest BCUT2D eigenvalue weighted by Gasteiger charge is 2.35. The van der Waals surface area contributed by atoms with Crippen LogP contribution in [0.5, 0.6) is 5.75 Å². The van der Waals surface area contributed by atoms with Crippen LogP contribution in [0.1, 0.15) is 50.8 Å². The van der Waals surface area contributed by atoms with Gasteiger partial charge in [0.1, 0.15) is 23.5 Å². The van der Waals surface area contributed by atoms with E-state index in [1.54, 1.807) is 17.7 Å². The Bertz CT molecular complexity index is 1610. The van der Waals surface area contributed by atoms with E-state index in [4.69, 9.17) is 14.6 Å². The van der Waals surface area contributed by atoms with Crippen LogP contribution in [0.3, 0.4) is 0 Å². The maximum absolute atomic E-state index is 13.7. The molecule has 0 radical (unpaired) electrons. The lowest BCUT2D eigenvalue weighted by Crippen LogP contribution is -2.43. The molecule has 8 nitrogen and oxygen atoms in total. The molecule has 1 atom stereocenters. The fourth-order valence-corrected chi connectivity index (χ4v) is 5.32. The van der Waals surface area contributed by atoms with Crippen LogP contribution in [0.4, 0.5) is 0 Å². The van der Waals surface area contributed by atoms with Gasteiger partial charge in [-0.05, 0) is 88.1 Å². The van der Waals surface area contributed by atoms with E-state index in [-0.39, 0.29) is 24.3 Å². The number of rotatable bonds is 8. The Kier molecular flexibility index (Phi) is 7.91. The fourth-order valence-electron chi connectivity index (χ4n) is 5.32. The number of amides is 2. The third-order valence-electron chi connectivity index (χ3n) is 7.32. The average molecular weight is 551 g/mol. The normalized spacial score (nSPS) is 17.8. The van der Waals surface area contributed by atoms with E-state index in [0.717, 1.165) is 39.4 Å². The van der Waals surface area contributed by atoms with Gasteiger partial charge in [-0.2, -0.15) is 10.4 Å². The van der Waals surface area contributed by atoms with Gasteiger partial charge in [0.05, 0.1) is 17.5 Å². The summed E-state index contributed by atoms with van der Waals surface area (Å²) in [7, 11) is 0. The highest BCUT2D eigenvalue weighted by molar-refractivity contribution is 6.19. The highest BCUT2D eigenvalue weighted by atomic mass is 16.5. The molecule has 5 rings (SSSR count). The Morgan fingerprint density at radius 1 is 1.17 bits per heavy atom. The number of ether oxygens (including phenoxy) is 2. The van der Waals surface area contributed by atoms with E-state index in [9.17, 15) is 14.9 Å². The molecule has 1 aromatic heterocycles. The summed E-state index contributed by atoms with van der Waals surface area (Å²) < 4.78 is 13.4. The zero-order chi connectivity index (χ0) is 29.3. The summed E-state index contributed by atoms with van der Waals surface area (Å²) in [6.07, 6.45) is 5.07. The van der Waals surface area contributed by atoms with E-state index in [1.165, 1.54) is 0 Å². The van der Waals surface area contributed by atoms with Crippen LogP contribution in [0.15, 0.2) is 65.4 Å². The molecule has 0 saturated carbocycles. The number of hydrogen-bond donors (Lipinski definition) is 0. The second kappa shape index (κ2) is 11.6. The van der Waals surface area contributed by atoms with Gasteiger partial charge < -0.3 is 9.47 Å². The SMILES string of the molecule is CC1=C(C#N)C(=O)N(CCCOC(C)C)C(=O)/C1=C/c1cn(-c2ccccc2)nc1-c1cc(C)c2c(c1)CC(C)O2. The summed E-state index contributed by atoms with van der Waals surface area (Å²) in [5.41, 5.74) is 5.95. The van der Waals surface area contributed by atoms with Gasteiger partial charge in [-0.25, -0.2) is 4.68 Å². The topological polar surface area (TPSA) is 97.5 Å². The number of benzene rings is 2. The molecule has 8 heteroatoms. The Hall–Kier alpha value is -4.48. The molecular weight excluding hydrogens is 516 g/mol. The van der Waals surface area contributed by atoms with Gasteiger partial charge in [0.25, 0.3) is 11.8 Å². The van der Waals surface area contributed by atoms with Crippen molar-refractivity contribution in [1.29, 1.82) is 5.26 Å². The van der Waals surface area contributed by atoms with Crippen LogP contribution in [0, 0.1) is 18.3 Å². The maximum Gasteiger partial charge on any atom is 0.271 e. The Labute approximate surface area is 240 Å². The molecule has 0 saturated heterocycles. The molecule has 210 valence electrons. The minimum atomic E-state index is -0.569. The van der Waals surface area contributed by atoms with Crippen molar-refractivity contribution in [3.63, 3.8) is 0 Å². The summed E-state index contributed by atoms with van der Waals surface area (Å²) in [6.45, 7) is 10.2. The molecule has 2 aliphatic heterocycles. The highest BCUT2D eigenvalue weighted by Crippen LogP contribution is 2.38. The van der Waals surface area contributed by atoms with E-state index in [0.29, 0.717) is 35.4 Å². The zero-order valence-corrected chi connectivity index (χ0v) is 24.1. The predicted molar refractivity (Wildman–Crippen MR) is 156 cm³/mol. The van der Waals surface area contributed by atoms with Crippen LogP contribution in [0.2, 0.25) is 0 Å². The van der Waals surface area contributed by atoms with Crippen molar-refractivity contribution in [2.45, 2.75) is 59.7 Å². The predicted octanol–water partition coefficient (Wildman–Crippen LogP) is 5.58. The smallest absolute Gasteiger partial charge is 0.271 e. The van der Waals surface area contributed by atoms with Crippen LogP contribution < -0.4 is 4.74 Å². The van der Waals surface area contributed by atoms with E-state index >= 15 is 0 Å². The second-order valence-corrected chi connectivity index (χ2v) is 10.8. The molecule has 2 amide bonds. The Balaban J connectivity index is 1.61. The summed E-state index contributed by atoms with van der Waals surface area (Å²) in [6, 6.07) is 15.9. The largest absolute Gasteiger partial charge is 0.490 e. The number of nitriles is 1. The van der Waals surface area contributed by atoms with Crippen LogP contribution in [-0.4, -0.2) is 51.9 Å². The number of hydrogen-bond acceptors (Lipinski definition) is 6. The molecule has 0 fully saturated rings. The lowest BCUT2D eigenvalue weighted by molar-refractivity contribution is -0.140. The molecule has 0 spiro atoms. The number of fused-ring (bicyclic) bond motifs is 1. The summed E-state index contributed by atoms with van der Waals surface area (Å²) in [5, 5.41) is 14.8. The van der Waals surface area contributed by atoms with Gasteiger partial charge in [-0.15, -0.1) is 0 Å². The first-order valence-corrected chi connectivity index (χ1v) is 13.9. The first-order chi connectivity index (χ1) is 19.7. The number of para-hydroxylation sites is 1. The number of nitrogens with zero attached hydrogens (tertiary/aromatic N) is 4. The van der Waals surface area contributed by atoms with Gasteiger partial charge in [0.2, 0.25) is 0 Å². The van der Waals surface area contributed by atoms with Crippen LogP contribution in [-0.2, 0) is 20.7 Å². The molecule has 2 aliphatic rings. The third kappa shape index (κ3) is 5.59. The third-order valence-corrected chi connectivity index (χ3v) is 7.32. The first-order valence-electron chi connectivity index (χ1n) is 13.9. The van der Waals surface area contributed by atoms with Gasteiger partial charge in [-0.1, -0.05) is 18.2 Å². The standard InChI is InChI=1S/C33H34N4O4/c1-20(2)40-13-9-12-36-32(38)28(23(5)29(18-34)33(36)39)17-26-19-37(27-10-7-6-8-11-27)35-30(26)24-14-21(3)31-25(16-24)15-22(4)41-31/h6-8,10-11,14,16-17,19-20,22H,9,12-13,15H2,1-5H3/b28-17+. The van der Waals surface area contributed by atoms with Crippen molar-refractivity contribution in [2.75, 3.05) is 13.2 Å². The van der Waals surface area contributed by atoms with E-state index in [1.807, 2.05) is 69.4 Å². The molecule has 41 heavy (non-hydrogen) atoms. The van der Waals surface area contributed by atoms with Crippen molar-refractivity contribution in [1.82, 2.24) is 14.7 Å². The maximum atomic E-state index is 13.7. The van der Waals surface area contributed by atoms with E-state index in [2.05, 4.69) is 13.0 Å². The van der Waals surface area contributed by atoms with Crippen LogP contribution >= 0.6 is 0 Å². The second-order valence-electron chi connectivity index (χ2n) is 10.8. The minimum Gasteiger partial charge on any atom is -0.490 e. The minimum absolute atomic E-state index is 0.0304. The molecule has 0 aliphatic carbocycles. The average Bonchev–Trinajstić information content (AvgIpc) is 3.54. The molecule has 3 heterocycles. The fraction of sp³-hybridized carbons (Fsp3) is 0.333. The van der Waals surface area contributed by atoms with Gasteiger partial charge >= 0.3 is 0 Å². The molecule has 3 aromatic rings. The van der Waals surface area contributed by atoms with Gasteiger partial charge in [0, 0.05) is 42.5 Å². The molecule has 0 bridgehead atoms. The lowest BCUT2D eigenvalue weighted by atomic mass is 9.92. The van der Waals surface area contributed by atoms with E-state index < -0.39 is 11.8 Å². The molecule has 1 unspecified atom stereocenters. The van der Waals surface area contributed by atoms with Crippen molar-refractivity contribution in [3.05, 3.63) is 82.1 Å². The molecule has 2 aromatic carbocycles. The quantitative estimate of drug-likeness (QED) is 0.206. The van der Waals surface area contributed by atoms with Gasteiger partial charge in [-0.3, -0.25) is 14.5 Å². The molecule has 0 N–H and O–H groups in total. The Morgan fingerprint density at radius 2 is 1.93 bits per heavy atom. The van der Waals surface area contributed by atoms with Crippen molar-refractivity contribution in [3.8, 4) is 28.8 Å². The number of carbonyl (C=O) groups excluding carboxylic acids is 2. The Morgan fingerprint density at radius 3 is 2.63 bits per heavy atom. The number of carbonyl (C=O) groups is 2. The number of aromatic nitrogens is 2. The van der Waals surface area contributed by atoms with Crippen molar-refractivity contribution < 1.29 is 19.1 Å². The van der Waals surface area contributed by atoms with Crippen LogP contribution in [0.25, 0.3) is 23.0 Å². The monoisotopic (exact) mass is 550 g/mol. The number of aryl methyl sites for hydroxylation is 1. The zero-order valence-electron chi connectivity index (χ0n) is 24.1. The van der Waals surface area contributed by atoms with Crippen molar-refractivity contribution >= 4 is 17.9 Å². The molecular formula is C33H34N4O4. The summed E-state index contributed by atoms with van der Waals surface area (Å²) in [4.78, 5) is 28.0. The summed E-state index contributed by atoms with van der Waals surface area (Å²) in [5.74, 6) is -0.0822. The lowest BCUT2D eigenvalue weighted by Gasteiger charge is -2.27. The van der Waals surface area contributed by atoms with Gasteiger partial charge in [0.15, 0.2) is 0 Å². The van der Waals surface area contributed by atoms with Crippen molar-refractivity contribution in [2.24, 2.45) is 0 Å². The number of imide groups is 1.